The molecule has 2 heterocycles. The van der Waals surface area contributed by atoms with Gasteiger partial charge >= 0.3 is 0 Å². The first-order chi connectivity index (χ1) is 7.72. The Bertz CT molecular complexity index is 653. The number of fused-ring (bicyclic) bond motifs is 1. The molecule has 0 bridgehead atoms. The fourth-order valence-electron chi connectivity index (χ4n) is 1.65. The van der Waals surface area contributed by atoms with Gasteiger partial charge in [-0.25, -0.2) is 9.97 Å². The van der Waals surface area contributed by atoms with E-state index in [4.69, 9.17) is 0 Å². The molecule has 5 nitrogen and oxygen atoms in total. The van der Waals surface area contributed by atoms with Crippen LogP contribution in [0, 0.1) is 0 Å². The third-order valence-electron chi connectivity index (χ3n) is 2.41. The van der Waals surface area contributed by atoms with E-state index >= 15 is 0 Å². The minimum absolute atomic E-state index is 0.226. The number of benzene rings is 1. The number of phenols is 1. The van der Waals surface area contributed by atoms with E-state index in [9.17, 15) is 5.11 Å². The minimum atomic E-state index is 0.226. The quantitative estimate of drug-likeness (QED) is 0.647. The number of nitrogens with one attached hydrogen (secondary N) is 1. The summed E-state index contributed by atoms with van der Waals surface area (Å²) in [5.41, 5.74) is 2.41. The van der Waals surface area contributed by atoms with Crippen molar-refractivity contribution >= 4 is 11.0 Å². The summed E-state index contributed by atoms with van der Waals surface area (Å²) >= 11 is 0. The molecule has 2 N–H and O–H groups in total. The summed E-state index contributed by atoms with van der Waals surface area (Å²) in [6, 6.07) is 5.04. The first-order valence-electron chi connectivity index (χ1n) is 4.89. The predicted octanol–water partition coefficient (Wildman–Crippen LogP) is 1.67. The molecule has 0 unspecified atom stereocenters. The van der Waals surface area contributed by atoms with Crippen molar-refractivity contribution in [3.8, 4) is 17.3 Å². The van der Waals surface area contributed by atoms with Gasteiger partial charge in [0.2, 0.25) is 0 Å². The molecule has 80 valence electrons. The zero-order chi connectivity index (χ0) is 11.1. The fraction of sp³-hybridized carbons (Fsp3) is 0.0909. The molecular formula is C11H10N4O. The fourth-order valence-corrected chi connectivity index (χ4v) is 1.65. The summed E-state index contributed by atoms with van der Waals surface area (Å²) in [6.45, 7) is 0. The lowest BCUT2D eigenvalue weighted by atomic mass is 10.3. The van der Waals surface area contributed by atoms with E-state index in [2.05, 4.69) is 15.0 Å². The molecule has 5 heteroatoms. The molecule has 0 aliphatic heterocycles. The molecule has 0 amide bonds. The van der Waals surface area contributed by atoms with Crippen LogP contribution < -0.4 is 0 Å². The van der Waals surface area contributed by atoms with Gasteiger partial charge in [0, 0.05) is 19.3 Å². The molecule has 16 heavy (non-hydrogen) atoms. The van der Waals surface area contributed by atoms with E-state index in [1.54, 1.807) is 24.5 Å². The van der Waals surface area contributed by atoms with Gasteiger partial charge in [0.25, 0.3) is 0 Å². The number of aromatic hydroxyl groups is 1. The topological polar surface area (TPSA) is 66.7 Å². The van der Waals surface area contributed by atoms with Crippen LogP contribution in [0.15, 0.2) is 30.7 Å². The van der Waals surface area contributed by atoms with Gasteiger partial charge in [-0.2, -0.15) is 0 Å². The van der Waals surface area contributed by atoms with Crippen LogP contribution in [-0.2, 0) is 7.05 Å². The summed E-state index contributed by atoms with van der Waals surface area (Å²) in [5, 5.41) is 9.35. The van der Waals surface area contributed by atoms with E-state index in [1.807, 2.05) is 17.8 Å². The highest BCUT2D eigenvalue weighted by molar-refractivity contribution is 5.79. The van der Waals surface area contributed by atoms with Crippen molar-refractivity contribution in [2.45, 2.75) is 0 Å². The maximum atomic E-state index is 9.35. The number of phenolic OH excluding ortho intramolecular Hbond substituents is 1. The molecular weight excluding hydrogens is 204 g/mol. The maximum Gasteiger partial charge on any atom is 0.158 e. The molecule has 0 saturated carbocycles. The second kappa shape index (κ2) is 3.10. The Balaban J connectivity index is 2.18. The van der Waals surface area contributed by atoms with Crippen molar-refractivity contribution in [2.24, 2.45) is 7.05 Å². The lowest BCUT2D eigenvalue weighted by Crippen LogP contribution is -1.80. The van der Waals surface area contributed by atoms with Gasteiger partial charge in [-0.3, -0.25) is 0 Å². The number of aromatic nitrogens is 4. The molecule has 0 spiro atoms. The van der Waals surface area contributed by atoms with Crippen molar-refractivity contribution in [2.75, 3.05) is 0 Å². The molecule has 3 rings (SSSR count). The van der Waals surface area contributed by atoms with Gasteiger partial charge in [0.1, 0.15) is 11.4 Å². The van der Waals surface area contributed by atoms with Gasteiger partial charge in [0.15, 0.2) is 5.82 Å². The minimum Gasteiger partial charge on any atom is -0.508 e. The normalized spacial score (nSPS) is 11.1. The molecule has 0 aliphatic carbocycles. The number of aromatic amines is 1. The zero-order valence-electron chi connectivity index (χ0n) is 8.68. The van der Waals surface area contributed by atoms with E-state index in [-0.39, 0.29) is 5.75 Å². The standard InChI is InChI=1S/C11H10N4O/c1-15-5-10(12-6-15)11-13-8-3-2-7(16)4-9(8)14-11/h2-6,16H,1H3,(H,13,14). The highest BCUT2D eigenvalue weighted by Crippen LogP contribution is 2.21. The maximum absolute atomic E-state index is 9.35. The summed E-state index contributed by atoms with van der Waals surface area (Å²) in [6.07, 6.45) is 3.61. The molecule has 1 aromatic carbocycles. The number of rotatable bonds is 1. The third kappa shape index (κ3) is 1.33. The Hall–Kier alpha value is -2.30. The van der Waals surface area contributed by atoms with Gasteiger partial charge in [-0.1, -0.05) is 0 Å². The first kappa shape index (κ1) is 8.96. The number of hydrogen-bond acceptors (Lipinski definition) is 3. The highest BCUT2D eigenvalue weighted by atomic mass is 16.3. The molecule has 0 atom stereocenters. The van der Waals surface area contributed by atoms with Crippen LogP contribution in [0.5, 0.6) is 5.75 Å². The highest BCUT2D eigenvalue weighted by Gasteiger charge is 2.07. The van der Waals surface area contributed by atoms with Gasteiger partial charge in [-0.05, 0) is 12.1 Å². The van der Waals surface area contributed by atoms with Crippen molar-refractivity contribution in [3.63, 3.8) is 0 Å². The molecule has 2 aromatic heterocycles. The van der Waals surface area contributed by atoms with Crippen LogP contribution in [-0.4, -0.2) is 24.6 Å². The summed E-state index contributed by atoms with van der Waals surface area (Å²) in [5.74, 6) is 0.935. The molecule has 0 aliphatic rings. The Morgan fingerprint density at radius 2 is 2.25 bits per heavy atom. The van der Waals surface area contributed by atoms with Crippen LogP contribution in [0.1, 0.15) is 0 Å². The van der Waals surface area contributed by atoms with Gasteiger partial charge < -0.3 is 14.7 Å². The van der Waals surface area contributed by atoms with Crippen LogP contribution in [0.25, 0.3) is 22.6 Å². The Labute approximate surface area is 91.4 Å². The molecule has 0 radical (unpaired) electrons. The molecule has 0 saturated heterocycles. The average molecular weight is 214 g/mol. The summed E-state index contributed by atoms with van der Waals surface area (Å²) in [7, 11) is 1.91. The lowest BCUT2D eigenvalue weighted by Gasteiger charge is -1.88. The van der Waals surface area contributed by atoms with Crippen LogP contribution in [0.3, 0.4) is 0 Å². The molecule has 0 fully saturated rings. The van der Waals surface area contributed by atoms with E-state index in [0.717, 1.165) is 16.7 Å². The van der Waals surface area contributed by atoms with Crippen LogP contribution in [0.4, 0.5) is 0 Å². The number of imidazole rings is 2. The van der Waals surface area contributed by atoms with E-state index < -0.39 is 0 Å². The number of nitrogens with zero attached hydrogens (tertiary/aromatic N) is 3. The first-order valence-corrected chi connectivity index (χ1v) is 4.89. The average Bonchev–Trinajstić information content (AvgIpc) is 2.83. The number of H-pyrrole nitrogens is 1. The van der Waals surface area contributed by atoms with Crippen molar-refractivity contribution in [3.05, 3.63) is 30.7 Å². The van der Waals surface area contributed by atoms with Crippen LogP contribution in [0.2, 0.25) is 0 Å². The number of hydrogen-bond donors (Lipinski definition) is 2. The van der Waals surface area contributed by atoms with Gasteiger partial charge in [0.05, 0.1) is 17.4 Å². The SMILES string of the molecule is Cn1cnc(-c2nc3ccc(O)cc3[nH]2)c1. The van der Waals surface area contributed by atoms with Crippen molar-refractivity contribution in [1.82, 2.24) is 19.5 Å². The second-order valence-corrected chi connectivity index (χ2v) is 3.71. The largest absolute Gasteiger partial charge is 0.508 e. The number of aryl methyl sites for hydroxylation is 1. The summed E-state index contributed by atoms with van der Waals surface area (Å²) in [4.78, 5) is 11.7. The van der Waals surface area contributed by atoms with Gasteiger partial charge in [-0.15, -0.1) is 0 Å². The zero-order valence-corrected chi connectivity index (χ0v) is 8.68. The monoisotopic (exact) mass is 214 g/mol. The van der Waals surface area contributed by atoms with E-state index in [1.165, 1.54) is 0 Å². The Kier molecular flexibility index (Phi) is 1.73. The second-order valence-electron chi connectivity index (χ2n) is 3.71. The van der Waals surface area contributed by atoms with E-state index in [0.29, 0.717) is 5.82 Å². The summed E-state index contributed by atoms with van der Waals surface area (Å²) < 4.78 is 1.86. The third-order valence-corrected chi connectivity index (χ3v) is 2.41. The Morgan fingerprint density at radius 1 is 1.38 bits per heavy atom. The van der Waals surface area contributed by atoms with Crippen LogP contribution >= 0.6 is 0 Å². The lowest BCUT2D eigenvalue weighted by molar-refractivity contribution is 0.476. The molecule has 3 aromatic rings. The van der Waals surface area contributed by atoms with Crippen molar-refractivity contribution < 1.29 is 5.11 Å². The van der Waals surface area contributed by atoms with Crippen molar-refractivity contribution in [1.29, 1.82) is 0 Å². The smallest absolute Gasteiger partial charge is 0.158 e. The predicted molar refractivity (Wildman–Crippen MR) is 60.0 cm³/mol. The Morgan fingerprint density at radius 3 is 3.00 bits per heavy atom.